The molecule has 3 aromatic rings. The van der Waals surface area contributed by atoms with Crippen LogP contribution in [0.2, 0.25) is 0 Å². The van der Waals surface area contributed by atoms with Crippen LogP contribution in [-0.4, -0.2) is 30.4 Å². The van der Waals surface area contributed by atoms with Crippen LogP contribution in [0.3, 0.4) is 0 Å². The summed E-state index contributed by atoms with van der Waals surface area (Å²) in [4.78, 5) is 13.2. The molecule has 1 aliphatic carbocycles. The van der Waals surface area contributed by atoms with Crippen LogP contribution in [0.25, 0.3) is 10.9 Å². The summed E-state index contributed by atoms with van der Waals surface area (Å²) in [6.45, 7) is 6.37. The van der Waals surface area contributed by atoms with Crippen LogP contribution >= 0.6 is 11.9 Å². The van der Waals surface area contributed by atoms with E-state index in [4.69, 9.17) is 5.73 Å². The van der Waals surface area contributed by atoms with Crippen molar-refractivity contribution in [3.63, 3.8) is 0 Å². The van der Waals surface area contributed by atoms with Gasteiger partial charge in [-0.3, -0.25) is 4.79 Å². The highest BCUT2D eigenvalue weighted by molar-refractivity contribution is 7.97. The Kier molecular flexibility index (Phi) is 5.69. The summed E-state index contributed by atoms with van der Waals surface area (Å²) in [7, 11) is 2.01. The lowest BCUT2D eigenvalue weighted by Crippen LogP contribution is -2.26. The lowest BCUT2D eigenvalue weighted by atomic mass is 10.1. The fourth-order valence-electron chi connectivity index (χ4n) is 3.93. The lowest BCUT2D eigenvalue weighted by Gasteiger charge is -2.26. The molecular weight excluding hydrogens is 382 g/mol. The van der Waals surface area contributed by atoms with Crippen LogP contribution in [0.1, 0.15) is 43.5 Å². The zero-order valence-electron chi connectivity index (χ0n) is 17.4. The van der Waals surface area contributed by atoms with Gasteiger partial charge in [0, 0.05) is 42.2 Å². The minimum atomic E-state index is -0.0341. The van der Waals surface area contributed by atoms with Crippen molar-refractivity contribution in [2.75, 3.05) is 12.3 Å². The van der Waals surface area contributed by atoms with Crippen molar-refractivity contribution in [1.82, 2.24) is 18.7 Å². The van der Waals surface area contributed by atoms with E-state index in [2.05, 4.69) is 14.0 Å². The predicted octanol–water partition coefficient (Wildman–Crippen LogP) is 3.56. The molecule has 29 heavy (non-hydrogen) atoms. The van der Waals surface area contributed by atoms with Gasteiger partial charge in [0.2, 0.25) is 0 Å². The number of rotatable bonds is 4. The van der Waals surface area contributed by atoms with Crippen LogP contribution < -0.4 is 11.3 Å². The van der Waals surface area contributed by atoms with Crippen molar-refractivity contribution in [3.8, 4) is 0 Å². The number of fused-ring (bicyclic) bond motifs is 3. The number of anilines is 1. The van der Waals surface area contributed by atoms with E-state index in [-0.39, 0.29) is 5.56 Å². The molecule has 154 valence electrons. The molecule has 1 saturated carbocycles. The molecule has 0 radical (unpaired) electrons. The summed E-state index contributed by atoms with van der Waals surface area (Å²) in [5.74, 6) is 0. The monoisotopic (exact) mass is 411 g/mol. The minimum absolute atomic E-state index is 0.0341. The Hall–Kier alpha value is -2.25. The summed E-state index contributed by atoms with van der Waals surface area (Å²) in [5, 5.41) is 6.28. The Labute approximate surface area is 175 Å². The Morgan fingerprint density at radius 1 is 1.28 bits per heavy atom. The first-order valence-electron chi connectivity index (χ1n) is 10.4. The van der Waals surface area contributed by atoms with Gasteiger partial charge in [-0.25, -0.2) is 8.99 Å². The molecule has 3 heterocycles. The van der Waals surface area contributed by atoms with Crippen molar-refractivity contribution < 1.29 is 0 Å². The molecule has 0 spiro atoms. The normalized spacial score (nSPS) is 16.4. The zero-order chi connectivity index (χ0) is 20.5. The number of nitrogens with two attached hydrogens (primary N) is 1. The molecule has 1 aromatic carbocycles. The van der Waals surface area contributed by atoms with Crippen LogP contribution in [-0.2, 0) is 26.6 Å². The van der Waals surface area contributed by atoms with Gasteiger partial charge in [0.15, 0.2) is 0 Å². The first-order valence-corrected chi connectivity index (χ1v) is 11.3. The van der Waals surface area contributed by atoms with Crippen molar-refractivity contribution in [1.29, 1.82) is 0 Å². The molecule has 0 saturated heterocycles. The van der Waals surface area contributed by atoms with Gasteiger partial charge in [0.1, 0.15) is 5.52 Å². The van der Waals surface area contributed by atoms with Gasteiger partial charge in [-0.15, -0.1) is 0 Å². The summed E-state index contributed by atoms with van der Waals surface area (Å²) < 4.78 is 6.08. The average molecular weight is 412 g/mol. The second kappa shape index (κ2) is 8.24. The molecule has 0 amide bonds. The number of hydrogen-bond acceptors (Lipinski definition) is 5. The minimum Gasteiger partial charge on any atom is -0.399 e. The number of benzene rings is 1. The van der Waals surface area contributed by atoms with E-state index in [1.165, 1.54) is 24.1 Å². The molecular formula is C22H29N5OS. The van der Waals surface area contributed by atoms with E-state index in [1.54, 1.807) is 4.68 Å². The standard InChI is InChI=1S/C20H23N5OS.C2H6/c1-23-18-12-24(27-15-5-6-15)8-7-16(18)17-10-22-25(20(26)19(17)23)11-13-3-2-4-14(21)9-13;1-2/h2-4,9-10,15H,5-8,11-12,21H2,1H3;1-2H3. The molecule has 1 aliphatic heterocycles. The second-order valence-electron chi connectivity index (χ2n) is 7.52. The topological polar surface area (TPSA) is 69.1 Å². The summed E-state index contributed by atoms with van der Waals surface area (Å²) in [6, 6.07) is 7.61. The highest BCUT2D eigenvalue weighted by Crippen LogP contribution is 2.39. The Morgan fingerprint density at radius 3 is 2.79 bits per heavy atom. The van der Waals surface area contributed by atoms with Crippen LogP contribution in [0.15, 0.2) is 35.3 Å². The fourth-order valence-corrected chi connectivity index (χ4v) is 5.09. The highest BCUT2D eigenvalue weighted by atomic mass is 32.2. The molecule has 2 aromatic heterocycles. The van der Waals surface area contributed by atoms with E-state index in [0.29, 0.717) is 12.2 Å². The maximum atomic E-state index is 13.2. The maximum Gasteiger partial charge on any atom is 0.291 e. The van der Waals surface area contributed by atoms with Gasteiger partial charge in [0.05, 0.1) is 12.7 Å². The van der Waals surface area contributed by atoms with Crippen molar-refractivity contribution >= 4 is 28.5 Å². The predicted molar refractivity (Wildman–Crippen MR) is 121 cm³/mol. The molecule has 0 bridgehead atoms. The Bertz CT molecular complexity index is 1080. The van der Waals surface area contributed by atoms with Crippen LogP contribution in [0, 0.1) is 0 Å². The highest BCUT2D eigenvalue weighted by Gasteiger charge is 2.30. The number of nitrogens with zero attached hydrogens (tertiary/aromatic N) is 4. The van der Waals surface area contributed by atoms with Gasteiger partial charge in [-0.05, 0) is 42.5 Å². The van der Waals surface area contributed by atoms with E-state index in [1.807, 2.05) is 63.3 Å². The molecule has 6 nitrogen and oxygen atoms in total. The zero-order valence-corrected chi connectivity index (χ0v) is 18.2. The van der Waals surface area contributed by atoms with Crippen molar-refractivity contribution in [3.05, 3.63) is 57.6 Å². The smallest absolute Gasteiger partial charge is 0.291 e. The Balaban J connectivity index is 0.000000994. The van der Waals surface area contributed by atoms with Gasteiger partial charge in [-0.2, -0.15) is 5.10 Å². The molecule has 1 fully saturated rings. The molecule has 0 unspecified atom stereocenters. The molecule has 2 aliphatic rings. The lowest BCUT2D eigenvalue weighted by molar-refractivity contribution is 0.431. The number of hydrogen-bond donors (Lipinski definition) is 1. The first-order chi connectivity index (χ1) is 14.1. The van der Waals surface area contributed by atoms with Crippen molar-refractivity contribution in [2.24, 2.45) is 7.05 Å². The van der Waals surface area contributed by atoms with E-state index in [0.717, 1.165) is 41.2 Å². The third kappa shape index (κ3) is 3.94. The summed E-state index contributed by atoms with van der Waals surface area (Å²) in [5.41, 5.74) is 10.8. The van der Waals surface area contributed by atoms with Gasteiger partial charge in [-0.1, -0.05) is 37.9 Å². The van der Waals surface area contributed by atoms with Crippen molar-refractivity contribution in [2.45, 2.75) is 51.4 Å². The third-order valence-electron chi connectivity index (χ3n) is 5.48. The SMILES string of the molecule is CC.Cn1c2c(c3cnn(Cc4cccc(N)c4)c(=O)c31)CCN(SC1CC1)C2. The third-order valence-corrected chi connectivity index (χ3v) is 6.85. The van der Waals surface area contributed by atoms with E-state index < -0.39 is 0 Å². The first kappa shape index (κ1) is 20.0. The summed E-state index contributed by atoms with van der Waals surface area (Å²) >= 11 is 1.99. The molecule has 2 N–H and O–H groups in total. The van der Waals surface area contributed by atoms with Crippen LogP contribution in [0.5, 0.6) is 0 Å². The number of aromatic nitrogens is 3. The second-order valence-corrected chi connectivity index (χ2v) is 8.91. The molecule has 7 heteroatoms. The van der Waals surface area contributed by atoms with E-state index >= 15 is 0 Å². The van der Waals surface area contributed by atoms with Gasteiger partial charge < -0.3 is 10.3 Å². The number of nitrogen functional groups attached to an aromatic ring is 1. The van der Waals surface area contributed by atoms with E-state index in [9.17, 15) is 4.79 Å². The van der Waals surface area contributed by atoms with Crippen LogP contribution in [0.4, 0.5) is 5.69 Å². The molecule has 5 rings (SSSR count). The molecule has 0 atom stereocenters. The summed E-state index contributed by atoms with van der Waals surface area (Å²) in [6.07, 6.45) is 5.52. The maximum absolute atomic E-state index is 13.2. The largest absolute Gasteiger partial charge is 0.399 e. The fraction of sp³-hybridized carbons (Fsp3) is 0.455. The average Bonchev–Trinajstić information content (AvgIpc) is 3.49. The van der Waals surface area contributed by atoms with Gasteiger partial charge in [0.25, 0.3) is 5.56 Å². The number of aryl methyl sites for hydroxylation is 1. The quantitative estimate of drug-likeness (QED) is 0.525. The van der Waals surface area contributed by atoms with Gasteiger partial charge >= 0.3 is 0 Å². The Morgan fingerprint density at radius 2 is 2.07 bits per heavy atom.